The van der Waals surface area contributed by atoms with Gasteiger partial charge in [-0.05, 0) is 61.4 Å². The molecule has 1 aliphatic rings. The SMILES string of the molecule is CN(C)C(=O)c1ccc(N(CC(=O)Nc2ccc(S(=O)(=O)N3CCCCCC3)cc2)S(C)(=O)=O)cc1. The Labute approximate surface area is 213 Å². The highest BCUT2D eigenvalue weighted by Crippen LogP contribution is 2.23. The Morgan fingerprint density at radius 1 is 0.861 bits per heavy atom. The Morgan fingerprint density at radius 2 is 1.42 bits per heavy atom. The summed E-state index contributed by atoms with van der Waals surface area (Å²) in [6.07, 6.45) is 4.68. The zero-order chi connectivity index (χ0) is 26.5. The summed E-state index contributed by atoms with van der Waals surface area (Å²) in [6.45, 7) is 0.493. The van der Waals surface area contributed by atoms with E-state index < -0.39 is 32.5 Å². The number of carbonyl (C=O) groups excluding carboxylic acids is 2. The molecule has 196 valence electrons. The highest BCUT2D eigenvalue weighted by Gasteiger charge is 2.25. The van der Waals surface area contributed by atoms with Crippen molar-refractivity contribution in [1.29, 1.82) is 0 Å². The van der Waals surface area contributed by atoms with Gasteiger partial charge in [0.05, 0.1) is 16.8 Å². The van der Waals surface area contributed by atoms with Crippen molar-refractivity contribution in [3.05, 3.63) is 54.1 Å². The van der Waals surface area contributed by atoms with Crippen LogP contribution < -0.4 is 9.62 Å². The summed E-state index contributed by atoms with van der Waals surface area (Å²) >= 11 is 0. The molecule has 0 aliphatic carbocycles. The van der Waals surface area contributed by atoms with Crippen LogP contribution in [0.4, 0.5) is 11.4 Å². The van der Waals surface area contributed by atoms with E-state index in [0.29, 0.717) is 24.3 Å². The van der Waals surface area contributed by atoms with Crippen LogP contribution in [-0.2, 0) is 24.8 Å². The lowest BCUT2D eigenvalue weighted by atomic mass is 10.2. The monoisotopic (exact) mass is 536 g/mol. The lowest BCUT2D eigenvalue weighted by molar-refractivity contribution is -0.114. The third-order valence-electron chi connectivity index (χ3n) is 5.84. The second-order valence-corrected chi connectivity index (χ2v) is 12.8. The number of hydrogen-bond donors (Lipinski definition) is 1. The molecule has 2 aromatic rings. The number of anilines is 2. The number of amides is 2. The van der Waals surface area contributed by atoms with Gasteiger partial charge in [-0.3, -0.25) is 13.9 Å². The second kappa shape index (κ2) is 11.4. The zero-order valence-electron chi connectivity index (χ0n) is 20.7. The first-order chi connectivity index (χ1) is 16.9. The molecule has 10 nitrogen and oxygen atoms in total. The topological polar surface area (TPSA) is 124 Å². The lowest BCUT2D eigenvalue weighted by Crippen LogP contribution is -2.37. The van der Waals surface area contributed by atoms with Crippen molar-refractivity contribution in [2.24, 2.45) is 0 Å². The van der Waals surface area contributed by atoms with Crippen LogP contribution in [0.2, 0.25) is 0 Å². The molecule has 3 rings (SSSR count). The highest BCUT2D eigenvalue weighted by atomic mass is 32.2. The van der Waals surface area contributed by atoms with E-state index in [1.807, 2.05) is 0 Å². The van der Waals surface area contributed by atoms with Crippen molar-refractivity contribution in [3.63, 3.8) is 0 Å². The molecule has 0 bridgehead atoms. The van der Waals surface area contributed by atoms with Crippen LogP contribution in [0, 0.1) is 0 Å². The minimum absolute atomic E-state index is 0.146. The zero-order valence-corrected chi connectivity index (χ0v) is 22.3. The lowest BCUT2D eigenvalue weighted by Gasteiger charge is -2.22. The molecule has 1 N–H and O–H groups in total. The summed E-state index contributed by atoms with van der Waals surface area (Å²) in [7, 11) is -4.20. The predicted molar refractivity (Wildman–Crippen MR) is 139 cm³/mol. The molecule has 0 saturated carbocycles. The maximum absolute atomic E-state index is 12.9. The van der Waals surface area contributed by atoms with Gasteiger partial charge in [-0.1, -0.05) is 12.8 Å². The predicted octanol–water partition coefficient (Wildman–Crippen LogP) is 2.36. The first-order valence-electron chi connectivity index (χ1n) is 11.6. The van der Waals surface area contributed by atoms with E-state index in [-0.39, 0.29) is 16.5 Å². The van der Waals surface area contributed by atoms with Crippen molar-refractivity contribution in [2.45, 2.75) is 30.6 Å². The number of benzene rings is 2. The van der Waals surface area contributed by atoms with Gasteiger partial charge >= 0.3 is 0 Å². The Kier molecular flexibility index (Phi) is 8.75. The number of nitrogens with one attached hydrogen (secondary N) is 1. The third kappa shape index (κ3) is 6.83. The van der Waals surface area contributed by atoms with Gasteiger partial charge in [0, 0.05) is 38.4 Å². The van der Waals surface area contributed by atoms with E-state index in [0.717, 1.165) is 36.2 Å². The molecule has 0 radical (unpaired) electrons. The largest absolute Gasteiger partial charge is 0.345 e. The summed E-state index contributed by atoms with van der Waals surface area (Å²) < 4.78 is 53.0. The average molecular weight is 537 g/mol. The van der Waals surface area contributed by atoms with Crippen LogP contribution >= 0.6 is 0 Å². The number of nitrogens with zero attached hydrogens (tertiary/aromatic N) is 3. The van der Waals surface area contributed by atoms with E-state index >= 15 is 0 Å². The van der Waals surface area contributed by atoms with Gasteiger partial charge in [0.25, 0.3) is 5.91 Å². The molecule has 0 aromatic heterocycles. The highest BCUT2D eigenvalue weighted by molar-refractivity contribution is 7.92. The molecule has 1 saturated heterocycles. The summed E-state index contributed by atoms with van der Waals surface area (Å²) in [5.74, 6) is -0.830. The molecule has 1 aliphatic heterocycles. The van der Waals surface area contributed by atoms with Crippen LogP contribution in [0.5, 0.6) is 0 Å². The van der Waals surface area contributed by atoms with Crippen LogP contribution in [-0.4, -0.2) is 77.8 Å². The Hall–Kier alpha value is -2.96. The fraction of sp³-hybridized carbons (Fsp3) is 0.417. The number of sulfonamides is 2. The van der Waals surface area contributed by atoms with Gasteiger partial charge in [-0.2, -0.15) is 4.31 Å². The van der Waals surface area contributed by atoms with Gasteiger partial charge in [-0.15, -0.1) is 0 Å². The van der Waals surface area contributed by atoms with Crippen molar-refractivity contribution in [1.82, 2.24) is 9.21 Å². The molecule has 0 atom stereocenters. The molecular weight excluding hydrogens is 504 g/mol. The fourth-order valence-corrected chi connectivity index (χ4v) is 6.27. The van der Waals surface area contributed by atoms with E-state index in [4.69, 9.17) is 0 Å². The normalized spacial score (nSPS) is 15.1. The minimum Gasteiger partial charge on any atom is -0.345 e. The second-order valence-electron chi connectivity index (χ2n) is 8.91. The molecule has 0 spiro atoms. The van der Waals surface area contributed by atoms with Crippen LogP contribution in [0.15, 0.2) is 53.4 Å². The molecule has 36 heavy (non-hydrogen) atoms. The first kappa shape index (κ1) is 27.6. The number of rotatable bonds is 8. The summed E-state index contributed by atoms with van der Waals surface area (Å²) in [4.78, 5) is 26.3. The van der Waals surface area contributed by atoms with Crippen molar-refractivity contribution >= 4 is 43.2 Å². The van der Waals surface area contributed by atoms with Crippen molar-refractivity contribution in [3.8, 4) is 0 Å². The smallest absolute Gasteiger partial charge is 0.253 e. The van der Waals surface area contributed by atoms with Crippen LogP contribution in [0.25, 0.3) is 0 Å². The summed E-state index contributed by atoms with van der Waals surface area (Å²) in [5, 5.41) is 2.61. The Morgan fingerprint density at radius 3 is 1.92 bits per heavy atom. The molecular formula is C24H32N4O6S2. The van der Waals surface area contributed by atoms with Gasteiger partial charge < -0.3 is 10.2 Å². The van der Waals surface area contributed by atoms with Crippen molar-refractivity contribution in [2.75, 3.05) is 49.6 Å². The molecule has 2 aromatic carbocycles. The molecule has 0 unspecified atom stereocenters. The molecule has 1 heterocycles. The maximum atomic E-state index is 12.9. The fourth-order valence-electron chi connectivity index (χ4n) is 3.90. The Bertz CT molecular complexity index is 1280. The number of hydrogen-bond acceptors (Lipinski definition) is 6. The van der Waals surface area contributed by atoms with Gasteiger partial charge in [0.1, 0.15) is 6.54 Å². The minimum atomic E-state index is -3.80. The van der Waals surface area contributed by atoms with E-state index in [2.05, 4.69) is 5.32 Å². The quantitative estimate of drug-likeness (QED) is 0.552. The number of carbonyl (C=O) groups is 2. The van der Waals surface area contributed by atoms with Gasteiger partial charge in [0.15, 0.2) is 0 Å². The van der Waals surface area contributed by atoms with Gasteiger partial charge in [-0.25, -0.2) is 16.8 Å². The maximum Gasteiger partial charge on any atom is 0.253 e. The molecule has 1 fully saturated rings. The van der Waals surface area contributed by atoms with Crippen LogP contribution in [0.3, 0.4) is 0 Å². The summed E-state index contributed by atoms with van der Waals surface area (Å²) in [5.41, 5.74) is 0.967. The van der Waals surface area contributed by atoms with Crippen LogP contribution in [0.1, 0.15) is 36.0 Å². The van der Waals surface area contributed by atoms with E-state index in [1.165, 1.54) is 57.7 Å². The average Bonchev–Trinajstić information content (AvgIpc) is 3.12. The third-order valence-corrected chi connectivity index (χ3v) is 8.89. The standard InChI is InChI=1S/C24H32N4O6S2/c1-26(2)24(30)19-8-12-21(13-9-19)28(35(3,31)32)18-23(29)25-20-10-14-22(15-11-20)36(33,34)27-16-6-4-5-7-17-27/h8-15H,4-7,16-18H2,1-3H3,(H,25,29). The first-order valence-corrected chi connectivity index (χ1v) is 14.9. The van der Waals surface area contributed by atoms with E-state index in [9.17, 15) is 26.4 Å². The molecule has 12 heteroatoms. The Balaban J connectivity index is 1.71. The van der Waals surface area contributed by atoms with E-state index in [1.54, 1.807) is 14.1 Å². The molecule has 2 amide bonds. The van der Waals surface area contributed by atoms with Gasteiger partial charge in [0.2, 0.25) is 26.0 Å². The van der Waals surface area contributed by atoms with Crippen molar-refractivity contribution < 1.29 is 26.4 Å². The summed E-state index contributed by atoms with van der Waals surface area (Å²) in [6, 6.07) is 11.8.